The van der Waals surface area contributed by atoms with Crippen molar-refractivity contribution in [2.24, 2.45) is 0 Å². The maximum Gasteiger partial charge on any atom is 0.223 e. The normalized spacial score (nSPS) is 24.7. The SMILES string of the molecule is CN(C)C.COc1nccc2c1C1(O)CCC(c3ccccc3)C1(c1ccc(C#N)cc1)O2. The molecule has 0 amide bonds. The van der Waals surface area contributed by atoms with Crippen LogP contribution in [0.3, 0.4) is 0 Å². The zero-order chi connectivity index (χ0) is 23.6. The van der Waals surface area contributed by atoms with Crippen molar-refractivity contribution in [2.45, 2.75) is 30.0 Å². The molecule has 6 nitrogen and oxygen atoms in total. The largest absolute Gasteiger partial charge is 0.481 e. The molecule has 5 rings (SSSR count). The third-order valence-electron chi connectivity index (χ3n) is 6.30. The quantitative estimate of drug-likeness (QED) is 0.654. The van der Waals surface area contributed by atoms with Crippen LogP contribution in [0.4, 0.5) is 0 Å². The topological polar surface area (TPSA) is 78.6 Å². The fourth-order valence-corrected chi connectivity index (χ4v) is 5.09. The molecule has 1 fully saturated rings. The summed E-state index contributed by atoms with van der Waals surface area (Å²) in [5.74, 6) is 0.900. The number of ether oxygens (including phenoxy) is 2. The molecule has 3 atom stereocenters. The fraction of sp³-hybridized carbons (Fsp3) is 0.333. The van der Waals surface area contributed by atoms with Gasteiger partial charge in [-0.2, -0.15) is 5.26 Å². The van der Waals surface area contributed by atoms with Gasteiger partial charge in [-0.05, 0) is 63.3 Å². The predicted octanol–water partition coefficient (Wildman–Crippen LogP) is 4.19. The zero-order valence-corrected chi connectivity index (χ0v) is 19.4. The van der Waals surface area contributed by atoms with Crippen LogP contribution in [0.5, 0.6) is 11.6 Å². The van der Waals surface area contributed by atoms with Gasteiger partial charge in [-0.25, -0.2) is 4.98 Å². The van der Waals surface area contributed by atoms with Gasteiger partial charge < -0.3 is 19.5 Å². The number of hydrogen-bond donors (Lipinski definition) is 1. The van der Waals surface area contributed by atoms with E-state index < -0.39 is 11.2 Å². The Kier molecular flexibility index (Phi) is 6.11. The number of nitrogens with zero attached hydrogens (tertiary/aromatic N) is 3. The smallest absolute Gasteiger partial charge is 0.223 e. The van der Waals surface area contributed by atoms with Crippen LogP contribution in [0.2, 0.25) is 0 Å². The molecular weight excluding hydrogens is 414 g/mol. The minimum atomic E-state index is -1.30. The summed E-state index contributed by atoms with van der Waals surface area (Å²) in [6.07, 6.45) is 2.89. The second-order valence-electron chi connectivity index (χ2n) is 8.92. The van der Waals surface area contributed by atoms with E-state index >= 15 is 0 Å². The van der Waals surface area contributed by atoms with Crippen LogP contribution in [0.1, 0.15) is 41.0 Å². The number of nitriles is 1. The van der Waals surface area contributed by atoms with E-state index in [1.165, 1.54) is 0 Å². The second kappa shape index (κ2) is 8.86. The highest BCUT2D eigenvalue weighted by Gasteiger charge is 2.69. The molecule has 6 heteroatoms. The Balaban J connectivity index is 0.000000601. The van der Waals surface area contributed by atoms with E-state index in [2.05, 4.69) is 23.2 Å². The number of pyridine rings is 1. The lowest BCUT2D eigenvalue weighted by Gasteiger charge is -2.40. The van der Waals surface area contributed by atoms with Gasteiger partial charge in [-0.15, -0.1) is 0 Å². The highest BCUT2D eigenvalue weighted by molar-refractivity contribution is 5.56. The molecule has 0 saturated heterocycles. The van der Waals surface area contributed by atoms with Gasteiger partial charge in [0.05, 0.1) is 24.3 Å². The summed E-state index contributed by atoms with van der Waals surface area (Å²) >= 11 is 0. The van der Waals surface area contributed by atoms with E-state index in [4.69, 9.17) is 9.47 Å². The minimum absolute atomic E-state index is 0.0706. The first kappa shape index (κ1) is 22.8. The molecule has 0 spiro atoms. The van der Waals surface area contributed by atoms with Crippen molar-refractivity contribution >= 4 is 0 Å². The number of benzene rings is 2. The molecule has 170 valence electrons. The number of hydrogen-bond acceptors (Lipinski definition) is 6. The molecule has 3 aromatic rings. The van der Waals surface area contributed by atoms with E-state index in [1.54, 1.807) is 31.5 Å². The zero-order valence-electron chi connectivity index (χ0n) is 19.4. The van der Waals surface area contributed by atoms with Crippen LogP contribution in [0, 0.1) is 11.3 Å². The number of rotatable bonds is 3. The fourth-order valence-electron chi connectivity index (χ4n) is 5.09. The summed E-state index contributed by atoms with van der Waals surface area (Å²) in [6.45, 7) is 0. The van der Waals surface area contributed by atoms with Gasteiger partial charge in [0, 0.05) is 12.1 Å². The molecule has 0 bridgehead atoms. The molecule has 1 N–H and O–H groups in total. The first-order valence-electron chi connectivity index (χ1n) is 11.0. The van der Waals surface area contributed by atoms with Crippen LogP contribution in [0.15, 0.2) is 66.9 Å². The number of aliphatic hydroxyl groups is 1. The molecule has 1 aromatic heterocycles. The maximum atomic E-state index is 12.1. The number of methoxy groups -OCH3 is 1. The van der Waals surface area contributed by atoms with E-state index in [1.807, 2.05) is 56.4 Å². The molecule has 1 saturated carbocycles. The van der Waals surface area contributed by atoms with Crippen LogP contribution >= 0.6 is 0 Å². The molecule has 1 aliphatic carbocycles. The molecular formula is C27H29N3O3. The van der Waals surface area contributed by atoms with E-state index in [9.17, 15) is 10.4 Å². The summed E-state index contributed by atoms with van der Waals surface area (Å²) in [5, 5.41) is 21.4. The van der Waals surface area contributed by atoms with Crippen LogP contribution in [0.25, 0.3) is 0 Å². The van der Waals surface area contributed by atoms with Crippen molar-refractivity contribution in [2.75, 3.05) is 28.3 Å². The number of fused-ring (bicyclic) bond motifs is 3. The van der Waals surface area contributed by atoms with Gasteiger partial charge >= 0.3 is 0 Å². The van der Waals surface area contributed by atoms with Crippen molar-refractivity contribution in [3.8, 4) is 17.7 Å². The van der Waals surface area contributed by atoms with E-state index in [0.717, 1.165) is 17.5 Å². The predicted molar refractivity (Wildman–Crippen MR) is 126 cm³/mol. The summed E-state index contributed by atoms with van der Waals surface area (Å²) < 4.78 is 12.1. The Morgan fingerprint density at radius 1 is 1.09 bits per heavy atom. The van der Waals surface area contributed by atoms with Crippen molar-refractivity contribution in [1.29, 1.82) is 5.26 Å². The maximum absolute atomic E-state index is 12.1. The summed E-state index contributed by atoms with van der Waals surface area (Å²) in [5.41, 5.74) is 0.788. The number of aromatic nitrogens is 1. The molecule has 1 aliphatic heterocycles. The third kappa shape index (κ3) is 3.64. The highest BCUT2D eigenvalue weighted by atomic mass is 16.5. The monoisotopic (exact) mass is 443 g/mol. The average molecular weight is 444 g/mol. The third-order valence-corrected chi connectivity index (χ3v) is 6.30. The molecule has 33 heavy (non-hydrogen) atoms. The lowest BCUT2D eigenvalue weighted by atomic mass is 9.72. The second-order valence-corrected chi connectivity index (χ2v) is 8.92. The first-order chi connectivity index (χ1) is 15.9. The van der Waals surface area contributed by atoms with Gasteiger partial charge in [0.2, 0.25) is 5.88 Å². The average Bonchev–Trinajstić information content (AvgIpc) is 3.26. The van der Waals surface area contributed by atoms with Crippen molar-refractivity contribution in [3.63, 3.8) is 0 Å². The van der Waals surface area contributed by atoms with Crippen molar-refractivity contribution in [3.05, 3.63) is 89.1 Å². The Morgan fingerprint density at radius 2 is 1.76 bits per heavy atom. The van der Waals surface area contributed by atoms with Gasteiger partial charge in [0.15, 0.2) is 5.60 Å². The lowest BCUT2D eigenvalue weighted by Crippen LogP contribution is -2.48. The Bertz CT molecular complexity index is 1150. The van der Waals surface area contributed by atoms with E-state index in [0.29, 0.717) is 29.2 Å². The molecule has 2 aliphatic rings. The molecule has 3 unspecified atom stereocenters. The van der Waals surface area contributed by atoms with E-state index in [-0.39, 0.29) is 5.92 Å². The Morgan fingerprint density at radius 3 is 2.36 bits per heavy atom. The van der Waals surface area contributed by atoms with Gasteiger partial charge in [-0.1, -0.05) is 42.5 Å². The molecule has 2 aromatic carbocycles. The summed E-state index contributed by atoms with van der Waals surface area (Å²) in [6, 6.07) is 21.4. The Labute approximate surface area is 195 Å². The van der Waals surface area contributed by atoms with Crippen LogP contribution in [-0.2, 0) is 11.2 Å². The minimum Gasteiger partial charge on any atom is -0.481 e. The standard InChI is InChI=1S/C24H20N2O3.C3H9N/c1-28-22-21-20(12-14-26-22)29-24(18-9-7-16(15-25)8-10-18)19(11-13-23(21,24)27)17-5-3-2-4-6-17;1-4(2)3/h2-10,12,14,19,27H,11,13H2,1H3;1-3H3. The van der Waals surface area contributed by atoms with Crippen LogP contribution in [-0.4, -0.2) is 43.2 Å². The Hall–Kier alpha value is -3.40. The van der Waals surface area contributed by atoms with Gasteiger partial charge in [0.25, 0.3) is 0 Å². The highest BCUT2D eigenvalue weighted by Crippen LogP contribution is 2.67. The summed E-state index contributed by atoms with van der Waals surface area (Å²) in [4.78, 5) is 6.32. The van der Waals surface area contributed by atoms with Gasteiger partial charge in [-0.3, -0.25) is 0 Å². The van der Waals surface area contributed by atoms with Crippen molar-refractivity contribution in [1.82, 2.24) is 9.88 Å². The summed E-state index contributed by atoms with van der Waals surface area (Å²) in [7, 11) is 7.55. The lowest BCUT2D eigenvalue weighted by molar-refractivity contribution is -0.106. The first-order valence-corrected chi connectivity index (χ1v) is 11.0. The molecule has 0 radical (unpaired) electrons. The molecule has 2 heterocycles. The van der Waals surface area contributed by atoms with Gasteiger partial charge in [0.1, 0.15) is 11.4 Å². The van der Waals surface area contributed by atoms with Crippen LogP contribution < -0.4 is 9.47 Å². The van der Waals surface area contributed by atoms with Crippen molar-refractivity contribution < 1.29 is 14.6 Å².